The molecule has 6 heteroatoms. The number of nitrogens with one attached hydrogen (secondary N) is 1. The Morgan fingerprint density at radius 1 is 0.909 bits per heavy atom. The van der Waals surface area contributed by atoms with E-state index in [1.807, 2.05) is 48.5 Å². The number of rotatable bonds is 5. The van der Waals surface area contributed by atoms with Crippen LogP contribution in [0.15, 0.2) is 101 Å². The lowest BCUT2D eigenvalue weighted by molar-refractivity contribution is -0.115. The van der Waals surface area contributed by atoms with Crippen LogP contribution < -0.4 is 10.1 Å². The molecule has 1 heterocycles. The fourth-order valence-corrected chi connectivity index (χ4v) is 4.52. The van der Waals surface area contributed by atoms with Gasteiger partial charge in [-0.3, -0.25) is 4.79 Å². The summed E-state index contributed by atoms with van der Waals surface area (Å²) in [7, 11) is 0. The van der Waals surface area contributed by atoms with E-state index in [0.29, 0.717) is 21.7 Å². The number of amides is 1. The van der Waals surface area contributed by atoms with Crippen molar-refractivity contribution in [2.24, 2.45) is 4.99 Å². The molecule has 33 heavy (non-hydrogen) atoms. The molecular formula is C27H19ClN2O2S. The van der Waals surface area contributed by atoms with Gasteiger partial charge in [0.05, 0.1) is 10.6 Å². The first-order valence-electron chi connectivity index (χ1n) is 10.4. The van der Waals surface area contributed by atoms with Crippen LogP contribution >= 0.6 is 23.4 Å². The van der Waals surface area contributed by atoms with Gasteiger partial charge in [0, 0.05) is 10.6 Å². The third kappa shape index (κ3) is 4.95. The van der Waals surface area contributed by atoms with Gasteiger partial charge in [-0.15, -0.1) is 0 Å². The molecule has 0 spiro atoms. The Morgan fingerprint density at radius 2 is 1.67 bits per heavy atom. The number of hydrogen-bond acceptors (Lipinski definition) is 4. The lowest BCUT2D eigenvalue weighted by Gasteiger charge is -2.11. The van der Waals surface area contributed by atoms with Crippen LogP contribution in [0.5, 0.6) is 5.75 Å². The van der Waals surface area contributed by atoms with E-state index in [1.54, 1.807) is 24.3 Å². The maximum Gasteiger partial charge on any atom is 0.264 e. The van der Waals surface area contributed by atoms with Gasteiger partial charge in [-0.1, -0.05) is 72.3 Å². The van der Waals surface area contributed by atoms with Crippen LogP contribution in [0.4, 0.5) is 5.69 Å². The zero-order valence-corrected chi connectivity index (χ0v) is 19.1. The first-order chi connectivity index (χ1) is 16.2. The number of carbonyl (C=O) groups excluding carboxylic acids is 1. The second-order valence-corrected chi connectivity index (χ2v) is 8.89. The summed E-state index contributed by atoms with van der Waals surface area (Å²) in [6.45, 7) is 0.435. The van der Waals surface area contributed by atoms with Crippen molar-refractivity contribution < 1.29 is 9.53 Å². The predicted molar refractivity (Wildman–Crippen MR) is 137 cm³/mol. The molecule has 1 N–H and O–H groups in total. The van der Waals surface area contributed by atoms with Crippen molar-refractivity contribution in [1.82, 2.24) is 5.32 Å². The maximum atomic E-state index is 12.5. The molecule has 0 unspecified atom stereocenters. The van der Waals surface area contributed by atoms with Crippen molar-refractivity contribution in [2.45, 2.75) is 6.61 Å². The van der Waals surface area contributed by atoms with Crippen molar-refractivity contribution in [3.63, 3.8) is 0 Å². The molecule has 0 aliphatic carbocycles. The van der Waals surface area contributed by atoms with E-state index in [1.165, 1.54) is 22.5 Å². The number of amidine groups is 1. The molecule has 0 aromatic heterocycles. The summed E-state index contributed by atoms with van der Waals surface area (Å²) in [4.78, 5) is 17.6. The molecule has 1 amide bonds. The average molecular weight is 471 g/mol. The molecule has 0 bridgehead atoms. The van der Waals surface area contributed by atoms with Gasteiger partial charge in [0.25, 0.3) is 5.91 Å². The summed E-state index contributed by atoms with van der Waals surface area (Å²) in [5.41, 5.74) is 2.67. The van der Waals surface area contributed by atoms with Crippen LogP contribution in [0.2, 0.25) is 5.02 Å². The summed E-state index contributed by atoms with van der Waals surface area (Å²) < 4.78 is 6.18. The maximum absolute atomic E-state index is 12.5. The smallest absolute Gasteiger partial charge is 0.264 e. The Morgan fingerprint density at radius 3 is 2.55 bits per heavy atom. The van der Waals surface area contributed by atoms with Crippen molar-refractivity contribution >= 4 is 57.0 Å². The van der Waals surface area contributed by atoms with Crippen LogP contribution in [0.1, 0.15) is 11.1 Å². The number of thioether (sulfide) groups is 1. The number of aliphatic imine (C=N–C) groups is 1. The van der Waals surface area contributed by atoms with Crippen molar-refractivity contribution in [1.29, 1.82) is 0 Å². The number of nitrogens with zero attached hydrogens (tertiary/aromatic N) is 1. The standard InChI is InChI=1S/C27H19ClN2O2S/c28-21-12-14-22(15-13-21)29-27-30-26(31)25(33-27)16-19-7-2-4-11-24(19)32-17-20-9-5-8-18-6-1-3-10-23(18)20/h1-16H,17H2,(H,29,30,31)/b25-16-. The van der Waals surface area contributed by atoms with Crippen LogP contribution in [0, 0.1) is 0 Å². The fraction of sp³-hybridized carbons (Fsp3) is 0.0370. The number of benzene rings is 4. The van der Waals surface area contributed by atoms with E-state index < -0.39 is 0 Å². The highest BCUT2D eigenvalue weighted by Crippen LogP contribution is 2.31. The number of ether oxygens (including phenoxy) is 1. The second-order valence-electron chi connectivity index (χ2n) is 7.42. The number of halogens is 1. The molecule has 162 valence electrons. The summed E-state index contributed by atoms with van der Waals surface area (Å²) in [5, 5.41) is 6.34. The quantitative estimate of drug-likeness (QED) is 0.320. The summed E-state index contributed by atoms with van der Waals surface area (Å²) in [6, 6.07) is 29.3. The van der Waals surface area contributed by atoms with E-state index in [2.05, 4.69) is 34.6 Å². The first kappa shape index (κ1) is 21.3. The van der Waals surface area contributed by atoms with E-state index in [-0.39, 0.29) is 5.91 Å². The van der Waals surface area contributed by atoms with Crippen LogP contribution in [-0.4, -0.2) is 11.1 Å². The average Bonchev–Trinajstić information content (AvgIpc) is 3.18. The number of hydrogen-bond donors (Lipinski definition) is 1. The molecule has 1 aliphatic heterocycles. The zero-order valence-electron chi connectivity index (χ0n) is 17.5. The normalized spacial score (nSPS) is 15.8. The molecule has 1 saturated heterocycles. The molecule has 1 fully saturated rings. The van der Waals surface area contributed by atoms with Gasteiger partial charge in [-0.25, -0.2) is 4.99 Å². The highest BCUT2D eigenvalue weighted by molar-refractivity contribution is 8.18. The van der Waals surface area contributed by atoms with Gasteiger partial charge in [-0.2, -0.15) is 0 Å². The fourth-order valence-electron chi connectivity index (χ4n) is 3.56. The topological polar surface area (TPSA) is 50.7 Å². The summed E-state index contributed by atoms with van der Waals surface area (Å²) in [6.07, 6.45) is 1.84. The number of carbonyl (C=O) groups is 1. The zero-order chi connectivity index (χ0) is 22.6. The van der Waals surface area contributed by atoms with Crippen LogP contribution in [-0.2, 0) is 11.4 Å². The minimum absolute atomic E-state index is 0.184. The molecule has 0 saturated carbocycles. The van der Waals surface area contributed by atoms with Crippen molar-refractivity contribution in [2.75, 3.05) is 0 Å². The second kappa shape index (κ2) is 9.53. The lowest BCUT2D eigenvalue weighted by atomic mass is 10.1. The molecule has 5 rings (SSSR count). The van der Waals surface area contributed by atoms with E-state index >= 15 is 0 Å². The van der Waals surface area contributed by atoms with Crippen molar-refractivity contribution in [3.05, 3.63) is 112 Å². The van der Waals surface area contributed by atoms with E-state index in [9.17, 15) is 4.79 Å². The summed E-state index contributed by atoms with van der Waals surface area (Å²) in [5.74, 6) is 0.533. The molecule has 4 aromatic carbocycles. The van der Waals surface area contributed by atoms with Crippen molar-refractivity contribution in [3.8, 4) is 5.75 Å². The highest BCUT2D eigenvalue weighted by Gasteiger charge is 2.24. The largest absolute Gasteiger partial charge is 0.488 e. The Kier molecular flexibility index (Phi) is 6.15. The van der Waals surface area contributed by atoms with Gasteiger partial charge < -0.3 is 10.1 Å². The molecule has 4 nitrogen and oxygen atoms in total. The molecule has 1 aliphatic rings. The minimum Gasteiger partial charge on any atom is -0.488 e. The Bertz CT molecular complexity index is 1390. The van der Waals surface area contributed by atoms with Gasteiger partial charge >= 0.3 is 0 Å². The van der Waals surface area contributed by atoms with Gasteiger partial charge in [0.1, 0.15) is 12.4 Å². The monoisotopic (exact) mass is 470 g/mol. The number of para-hydroxylation sites is 1. The lowest BCUT2D eigenvalue weighted by Crippen LogP contribution is -2.19. The van der Waals surface area contributed by atoms with E-state index in [4.69, 9.17) is 16.3 Å². The Labute approximate surface area is 201 Å². The number of fused-ring (bicyclic) bond motifs is 1. The predicted octanol–water partition coefficient (Wildman–Crippen LogP) is 6.96. The minimum atomic E-state index is -0.184. The van der Waals surface area contributed by atoms with Gasteiger partial charge in [0.15, 0.2) is 5.17 Å². The van der Waals surface area contributed by atoms with Crippen LogP contribution in [0.3, 0.4) is 0 Å². The molecule has 4 aromatic rings. The molecule has 0 atom stereocenters. The van der Waals surface area contributed by atoms with E-state index in [0.717, 1.165) is 22.6 Å². The SMILES string of the molecule is O=C1NC(=Nc2ccc(Cl)cc2)S/C1=C\c1ccccc1OCc1cccc2ccccc12. The Balaban J connectivity index is 1.36. The van der Waals surface area contributed by atoms with Gasteiger partial charge in [-0.05, 0) is 64.5 Å². The molecule has 0 radical (unpaired) electrons. The summed E-state index contributed by atoms with van der Waals surface area (Å²) >= 11 is 7.23. The third-order valence-electron chi connectivity index (χ3n) is 5.18. The van der Waals surface area contributed by atoms with Gasteiger partial charge in [0.2, 0.25) is 0 Å². The van der Waals surface area contributed by atoms with Crippen LogP contribution in [0.25, 0.3) is 16.8 Å². The highest BCUT2D eigenvalue weighted by atomic mass is 35.5. The first-order valence-corrected chi connectivity index (χ1v) is 11.6. The third-order valence-corrected chi connectivity index (χ3v) is 6.34. The molecular weight excluding hydrogens is 452 g/mol. The Hall–Kier alpha value is -3.54.